The van der Waals surface area contributed by atoms with Crippen molar-refractivity contribution in [2.45, 2.75) is 44.2 Å². The minimum Gasteiger partial charge on any atom is -0.477 e. The minimum absolute atomic E-state index is 0.0332. The standard InChI is InChI=1S/C19H22FN3O3/c1-25-18-19(22-11-10-21-18)26-16-8-6-15(7-9-16)23-17(24)12-13-2-4-14(20)5-3-13/h2-5,10-11,15-16H,6-9,12H2,1H3,(H,23,24). The van der Waals surface area contributed by atoms with Crippen LogP contribution in [-0.2, 0) is 11.2 Å². The van der Waals surface area contributed by atoms with Crippen molar-refractivity contribution in [3.05, 3.63) is 48.0 Å². The number of amides is 1. The van der Waals surface area contributed by atoms with Crippen LogP contribution in [0.2, 0.25) is 0 Å². The van der Waals surface area contributed by atoms with Crippen LogP contribution in [0.15, 0.2) is 36.7 Å². The van der Waals surface area contributed by atoms with Gasteiger partial charge in [-0.25, -0.2) is 14.4 Å². The summed E-state index contributed by atoms with van der Waals surface area (Å²) in [5.74, 6) is 0.435. The van der Waals surface area contributed by atoms with Crippen molar-refractivity contribution in [1.29, 1.82) is 0 Å². The van der Waals surface area contributed by atoms with Gasteiger partial charge in [-0.1, -0.05) is 12.1 Å². The number of nitrogens with one attached hydrogen (secondary N) is 1. The molecule has 1 heterocycles. The van der Waals surface area contributed by atoms with E-state index in [1.807, 2.05) is 0 Å². The number of aromatic nitrogens is 2. The summed E-state index contributed by atoms with van der Waals surface area (Å²) >= 11 is 0. The zero-order valence-corrected chi connectivity index (χ0v) is 14.7. The van der Waals surface area contributed by atoms with Crippen LogP contribution < -0.4 is 14.8 Å². The monoisotopic (exact) mass is 359 g/mol. The summed E-state index contributed by atoms with van der Waals surface area (Å²) in [4.78, 5) is 20.4. The predicted molar refractivity (Wildman–Crippen MR) is 93.5 cm³/mol. The Hall–Kier alpha value is -2.70. The Morgan fingerprint density at radius 3 is 2.42 bits per heavy atom. The molecule has 1 N–H and O–H groups in total. The van der Waals surface area contributed by atoms with E-state index in [2.05, 4.69) is 15.3 Å². The molecule has 7 heteroatoms. The molecule has 138 valence electrons. The highest BCUT2D eigenvalue weighted by Crippen LogP contribution is 2.27. The molecule has 26 heavy (non-hydrogen) atoms. The number of halogens is 1. The normalized spacial score (nSPS) is 19.6. The zero-order chi connectivity index (χ0) is 18.4. The highest BCUT2D eigenvalue weighted by atomic mass is 19.1. The van der Waals surface area contributed by atoms with Gasteiger partial charge in [0.2, 0.25) is 5.91 Å². The first-order valence-electron chi connectivity index (χ1n) is 8.69. The number of carbonyl (C=O) groups is 1. The molecule has 1 saturated carbocycles. The predicted octanol–water partition coefficient (Wildman–Crippen LogP) is 2.67. The minimum atomic E-state index is -0.299. The van der Waals surface area contributed by atoms with Gasteiger partial charge in [-0.05, 0) is 43.4 Å². The lowest BCUT2D eigenvalue weighted by Crippen LogP contribution is -2.40. The van der Waals surface area contributed by atoms with Crippen LogP contribution in [0.3, 0.4) is 0 Å². The molecule has 1 aromatic heterocycles. The highest BCUT2D eigenvalue weighted by Gasteiger charge is 2.25. The molecule has 0 spiro atoms. The molecule has 1 aromatic carbocycles. The third-order valence-corrected chi connectivity index (χ3v) is 4.42. The molecule has 1 amide bonds. The van der Waals surface area contributed by atoms with Gasteiger partial charge in [0.1, 0.15) is 11.9 Å². The van der Waals surface area contributed by atoms with Gasteiger partial charge in [-0.15, -0.1) is 0 Å². The van der Waals surface area contributed by atoms with Gasteiger partial charge in [0.05, 0.1) is 13.5 Å². The van der Waals surface area contributed by atoms with Crippen LogP contribution in [-0.4, -0.2) is 35.1 Å². The summed E-state index contributed by atoms with van der Waals surface area (Å²) in [6.07, 6.45) is 6.73. The smallest absolute Gasteiger partial charge is 0.278 e. The number of carbonyl (C=O) groups excluding carboxylic acids is 1. The maximum absolute atomic E-state index is 12.9. The fourth-order valence-corrected chi connectivity index (χ4v) is 3.08. The molecule has 0 radical (unpaired) electrons. The van der Waals surface area contributed by atoms with E-state index in [1.165, 1.54) is 19.2 Å². The van der Waals surface area contributed by atoms with Gasteiger partial charge in [-0.3, -0.25) is 4.79 Å². The molecule has 1 aliphatic carbocycles. The average Bonchev–Trinajstić information content (AvgIpc) is 2.65. The van der Waals surface area contributed by atoms with Crippen molar-refractivity contribution < 1.29 is 18.7 Å². The van der Waals surface area contributed by atoms with Crippen LogP contribution in [0.25, 0.3) is 0 Å². The Labute approximate surface area is 151 Å². The maximum Gasteiger partial charge on any atom is 0.278 e. The quantitative estimate of drug-likeness (QED) is 0.858. The van der Waals surface area contributed by atoms with Crippen LogP contribution in [0.1, 0.15) is 31.2 Å². The van der Waals surface area contributed by atoms with Crippen LogP contribution in [0, 0.1) is 5.82 Å². The van der Waals surface area contributed by atoms with Crippen molar-refractivity contribution in [3.63, 3.8) is 0 Å². The Balaban J connectivity index is 1.44. The zero-order valence-electron chi connectivity index (χ0n) is 14.7. The molecule has 0 bridgehead atoms. The topological polar surface area (TPSA) is 73.3 Å². The Bertz CT molecular complexity index is 731. The van der Waals surface area contributed by atoms with E-state index in [4.69, 9.17) is 9.47 Å². The Morgan fingerprint density at radius 1 is 1.12 bits per heavy atom. The number of ether oxygens (including phenoxy) is 2. The lowest BCUT2D eigenvalue weighted by atomic mass is 9.92. The van der Waals surface area contributed by atoms with Crippen LogP contribution in [0.5, 0.6) is 11.8 Å². The van der Waals surface area contributed by atoms with Crippen molar-refractivity contribution in [1.82, 2.24) is 15.3 Å². The second-order valence-corrected chi connectivity index (χ2v) is 6.33. The third-order valence-electron chi connectivity index (χ3n) is 4.42. The molecule has 3 rings (SSSR count). The summed E-state index contributed by atoms with van der Waals surface area (Å²) in [5, 5.41) is 3.05. The second kappa shape index (κ2) is 8.60. The van der Waals surface area contributed by atoms with Gasteiger partial charge in [0, 0.05) is 18.4 Å². The Kier molecular flexibility index (Phi) is 5.99. The SMILES string of the molecule is COc1nccnc1OC1CCC(NC(=O)Cc2ccc(F)cc2)CC1. The van der Waals surface area contributed by atoms with Crippen molar-refractivity contribution >= 4 is 5.91 Å². The number of nitrogens with zero attached hydrogens (tertiary/aromatic N) is 2. The molecule has 0 saturated heterocycles. The van der Waals surface area contributed by atoms with E-state index in [0.29, 0.717) is 11.8 Å². The third kappa shape index (κ3) is 4.91. The van der Waals surface area contributed by atoms with E-state index in [0.717, 1.165) is 31.2 Å². The van der Waals surface area contributed by atoms with Crippen LogP contribution in [0.4, 0.5) is 4.39 Å². The number of benzene rings is 1. The van der Waals surface area contributed by atoms with E-state index in [-0.39, 0.29) is 30.3 Å². The van der Waals surface area contributed by atoms with E-state index in [9.17, 15) is 9.18 Å². The summed E-state index contributed by atoms with van der Waals surface area (Å²) in [6.45, 7) is 0. The first-order valence-corrected chi connectivity index (χ1v) is 8.69. The van der Waals surface area contributed by atoms with Gasteiger partial charge in [0.25, 0.3) is 11.8 Å². The molecule has 0 aliphatic heterocycles. The van der Waals surface area contributed by atoms with E-state index in [1.54, 1.807) is 24.5 Å². The fraction of sp³-hybridized carbons (Fsp3) is 0.421. The number of methoxy groups -OCH3 is 1. The van der Waals surface area contributed by atoms with Gasteiger partial charge in [0.15, 0.2) is 0 Å². The van der Waals surface area contributed by atoms with E-state index >= 15 is 0 Å². The average molecular weight is 359 g/mol. The lowest BCUT2D eigenvalue weighted by Gasteiger charge is -2.29. The van der Waals surface area contributed by atoms with Gasteiger partial charge in [-0.2, -0.15) is 0 Å². The van der Waals surface area contributed by atoms with Crippen molar-refractivity contribution in [2.24, 2.45) is 0 Å². The first-order chi connectivity index (χ1) is 12.6. The molecular formula is C19H22FN3O3. The molecule has 0 unspecified atom stereocenters. The van der Waals surface area contributed by atoms with Crippen molar-refractivity contribution in [3.8, 4) is 11.8 Å². The fourth-order valence-electron chi connectivity index (χ4n) is 3.08. The summed E-state index contributed by atoms with van der Waals surface area (Å²) in [7, 11) is 1.53. The maximum atomic E-state index is 12.9. The molecule has 1 aliphatic rings. The molecule has 1 fully saturated rings. The molecule has 0 atom stereocenters. The van der Waals surface area contributed by atoms with E-state index < -0.39 is 0 Å². The lowest BCUT2D eigenvalue weighted by molar-refractivity contribution is -0.121. The van der Waals surface area contributed by atoms with Crippen LogP contribution >= 0.6 is 0 Å². The largest absolute Gasteiger partial charge is 0.477 e. The number of hydrogen-bond donors (Lipinski definition) is 1. The Morgan fingerprint density at radius 2 is 1.77 bits per heavy atom. The second-order valence-electron chi connectivity index (χ2n) is 6.33. The summed E-state index contributed by atoms with van der Waals surface area (Å²) in [6, 6.07) is 6.13. The first kappa shape index (κ1) is 18.1. The molecule has 6 nitrogen and oxygen atoms in total. The molecular weight excluding hydrogens is 337 g/mol. The molecule has 2 aromatic rings. The summed E-state index contributed by atoms with van der Waals surface area (Å²) < 4.78 is 23.9. The number of rotatable bonds is 6. The van der Waals surface area contributed by atoms with Gasteiger partial charge < -0.3 is 14.8 Å². The number of hydrogen-bond acceptors (Lipinski definition) is 5. The van der Waals surface area contributed by atoms with Crippen molar-refractivity contribution in [2.75, 3.05) is 7.11 Å². The summed E-state index contributed by atoms with van der Waals surface area (Å²) in [5.41, 5.74) is 0.802. The van der Waals surface area contributed by atoms with Gasteiger partial charge >= 0.3 is 0 Å². The highest BCUT2D eigenvalue weighted by molar-refractivity contribution is 5.78.